The molecule has 0 spiro atoms. The van der Waals surface area contributed by atoms with Gasteiger partial charge in [-0.2, -0.15) is 0 Å². The van der Waals surface area contributed by atoms with Gasteiger partial charge in [-0.3, -0.25) is 0 Å². The lowest BCUT2D eigenvalue weighted by Crippen LogP contribution is -2.29. The van der Waals surface area contributed by atoms with Gasteiger partial charge in [0.25, 0.3) is 0 Å². The van der Waals surface area contributed by atoms with E-state index < -0.39 is 5.82 Å². The van der Waals surface area contributed by atoms with E-state index in [0.717, 1.165) is 13.0 Å². The number of unbranched alkanes of at least 4 members (excludes halogenated alkanes) is 4. The molecule has 0 aliphatic heterocycles. The summed E-state index contributed by atoms with van der Waals surface area (Å²) in [5.74, 6) is -0.429. The third-order valence-electron chi connectivity index (χ3n) is 2.74. The fourth-order valence-corrected chi connectivity index (χ4v) is 2.08. The number of rotatable bonds is 7. The van der Waals surface area contributed by atoms with Crippen LogP contribution in [0.1, 0.15) is 39.0 Å². The van der Waals surface area contributed by atoms with Gasteiger partial charge < -0.3 is 10.6 Å². The summed E-state index contributed by atoms with van der Waals surface area (Å²) in [6, 6.07) is 4.45. The molecule has 0 saturated carbocycles. The third-order valence-corrected chi connectivity index (χ3v) is 3.28. The van der Waals surface area contributed by atoms with E-state index >= 15 is 0 Å². The van der Waals surface area contributed by atoms with Crippen LogP contribution in [0.2, 0.25) is 5.02 Å². The number of hydrogen-bond acceptors (Lipinski definition) is 1. The molecule has 0 radical (unpaired) electrons. The van der Waals surface area contributed by atoms with Gasteiger partial charge in [-0.25, -0.2) is 4.39 Å². The molecular weight excluding hydrogens is 283 g/mol. The summed E-state index contributed by atoms with van der Waals surface area (Å²) >= 11 is 10.8. The van der Waals surface area contributed by atoms with E-state index in [1.807, 2.05) is 0 Å². The Bertz CT molecular complexity index is 412. The Labute approximate surface area is 124 Å². The Morgan fingerprint density at radius 2 is 2.00 bits per heavy atom. The van der Waals surface area contributed by atoms with Gasteiger partial charge in [-0.1, -0.05) is 44.2 Å². The highest BCUT2D eigenvalue weighted by molar-refractivity contribution is 7.80. The van der Waals surface area contributed by atoms with Crippen LogP contribution in [-0.2, 0) is 0 Å². The Balaban J connectivity index is 2.21. The monoisotopic (exact) mass is 302 g/mol. The Hall–Kier alpha value is -0.870. The third kappa shape index (κ3) is 6.73. The molecule has 0 heterocycles. The van der Waals surface area contributed by atoms with Gasteiger partial charge in [0.1, 0.15) is 5.82 Å². The molecule has 106 valence electrons. The molecule has 0 aliphatic carbocycles. The van der Waals surface area contributed by atoms with Crippen LogP contribution < -0.4 is 10.6 Å². The quantitative estimate of drug-likeness (QED) is 0.562. The molecule has 0 fully saturated rings. The van der Waals surface area contributed by atoms with Crippen molar-refractivity contribution in [1.82, 2.24) is 5.32 Å². The van der Waals surface area contributed by atoms with E-state index in [4.69, 9.17) is 23.8 Å². The van der Waals surface area contributed by atoms with Crippen molar-refractivity contribution in [2.45, 2.75) is 39.0 Å². The Morgan fingerprint density at radius 1 is 1.26 bits per heavy atom. The molecule has 19 heavy (non-hydrogen) atoms. The highest BCUT2D eigenvalue weighted by atomic mass is 35.5. The van der Waals surface area contributed by atoms with Crippen molar-refractivity contribution in [2.24, 2.45) is 0 Å². The van der Waals surface area contributed by atoms with Gasteiger partial charge in [-0.15, -0.1) is 0 Å². The predicted molar refractivity (Wildman–Crippen MR) is 84.4 cm³/mol. The van der Waals surface area contributed by atoms with Gasteiger partial charge in [0.2, 0.25) is 0 Å². The fourth-order valence-electron chi connectivity index (χ4n) is 1.68. The first-order valence-corrected chi connectivity index (χ1v) is 7.42. The van der Waals surface area contributed by atoms with E-state index in [-0.39, 0.29) is 5.02 Å². The molecule has 2 N–H and O–H groups in total. The maximum absolute atomic E-state index is 13.0. The largest absolute Gasteiger partial charge is 0.362 e. The van der Waals surface area contributed by atoms with E-state index in [1.165, 1.54) is 37.8 Å². The summed E-state index contributed by atoms with van der Waals surface area (Å²) in [7, 11) is 0. The standard InChI is InChI=1S/C14H20ClFN2S/c1-2-3-4-5-6-9-17-14(19)18-11-7-8-13(16)12(15)10-11/h7-8,10H,2-6,9H2,1H3,(H2,17,18,19). The number of halogens is 2. The first kappa shape index (κ1) is 16.2. The topological polar surface area (TPSA) is 24.1 Å². The minimum atomic E-state index is -0.429. The minimum Gasteiger partial charge on any atom is -0.362 e. The summed E-state index contributed by atoms with van der Waals surface area (Å²) in [5.41, 5.74) is 0.690. The summed E-state index contributed by atoms with van der Waals surface area (Å²) in [6.45, 7) is 3.05. The average molecular weight is 303 g/mol. The molecule has 2 nitrogen and oxygen atoms in total. The summed E-state index contributed by atoms with van der Waals surface area (Å²) < 4.78 is 13.0. The maximum atomic E-state index is 13.0. The zero-order valence-corrected chi connectivity index (χ0v) is 12.7. The van der Waals surface area contributed by atoms with Crippen molar-refractivity contribution >= 4 is 34.6 Å². The molecule has 5 heteroatoms. The molecule has 1 aromatic carbocycles. The number of nitrogens with one attached hydrogen (secondary N) is 2. The second-order valence-corrected chi connectivity index (χ2v) is 5.24. The van der Waals surface area contributed by atoms with Gasteiger partial charge >= 0.3 is 0 Å². The Kier molecular flexibility index (Phi) is 7.75. The van der Waals surface area contributed by atoms with Crippen LogP contribution in [-0.4, -0.2) is 11.7 Å². The first-order chi connectivity index (χ1) is 9.13. The lowest BCUT2D eigenvalue weighted by atomic mass is 10.1. The maximum Gasteiger partial charge on any atom is 0.170 e. The van der Waals surface area contributed by atoms with Crippen molar-refractivity contribution in [1.29, 1.82) is 0 Å². The Morgan fingerprint density at radius 3 is 2.68 bits per heavy atom. The van der Waals surface area contributed by atoms with Crippen molar-refractivity contribution in [3.63, 3.8) is 0 Å². The van der Waals surface area contributed by atoms with Crippen LogP contribution in [0, 0.1) is 5.82 Å². The van der Waals surface area contributed by atoms with Crippen LogP contribution in [0.25, 0.3) is 0 Å². The molecule has 0 amide bonds. The number of benzene rings is 1. The van der Waals surface area contributed by atoms with Crippen molar-refractivity contribution < 1.29 is 4.39 Å². The second-order valence-electron chi connectivity index (χ2n) is 4.42. The molecule has 1 rings (SSSR count). The van der Waals surface area contributed by atoms with E-state index in [0.29, 0.717) is 10.8 Å². The van der Waals surface area contributed by atoms with Crippen LogP contribution in [0.15, 0.2) is 18.2 Å². The normalized spacial score (nSPS) is 10.3. The summed E-state index contributed by atoms with van der Waals surface area (Å²) in [4.78, 5) is 0. The fraction of sp³-hybridized carbons (Fsp3) is 0.500. The van der Waals surface area contributed by atoms with E-state index in [9.17, 15) is 4.39 Å². The van der Waals surface area contributed by atoms with Gasteiger partial charge in [0, 0.05) is 12.2 Å². The zero-order chi connectivity index (χ0) is 14.1. The molecular formula is C14H20ClFN2S. The highest BCUT2D eigenvalue weighted by Crippen LogP contribution is 2.19. The molecule has 0 aromatic heterocycles. The highest BCUT2D eigenvalue weighted by Gasteiger charge is 2.02. The van der Waals surface area contributed by atoms with Crippen LogP contribution >= 0.6 is 23.8 Å². The van der Waals surface area contributed by atoms with E-state index in [2.05, 4.69) is 17.6 Å². The average Bonchev–Trinajstić information content (AvgIpc) is 2.38. The minimum absolute atomic E-state index is 0.0902. The van der Waals surface area contributed by atoms with Gasteiger partial charge in [0.05, 0.1) is 5.02 Å². The number of anilines is 1. The molecule has 0 atom stereocenters. The smallest absolute Gasteiger partial charge is 0.170 e. The second kappa shape index (κ2) is 9.10. The van der Waals surface area contributed by atoms with Gasteiger partial charge in [-0.05, 0) is 36.8 Å². The predicted octanol–water partition coefficient (Wildman–Crippen LogP) is 4.74. The molecule has 1 aromatic rings. The summed E-state index contributed by atoms with van der Waals surface area (Å²) in [6.07, 6.45) is 6.12. The first-order valence-electron chi connectivity index (χ1n) is 6.63. The molecule has 0 aliphatic rings. The molecule has 0 saturated heterocycles. The molecule has 0 unspecified atom stereocenters. The van der Waals surface area contributed by atoms with Crippen LogP contribution in [0.5, 0.6) is 0 Å². The number of hydrogen-bond donors (Lipinski definition) is 2. The van der Waals surface area contributed by atoms with E-state index in [1.54, 1.807) is 6.07 Å². The van der Waals surface area contributed by atoms with Crippen LogP contribution in [0.4, 0.5) is 10.1 Å². The van der Waals surface area contributed by atoms with Crippen molar-refractivity contribution in [3.05, 3.63) is 29.0 Å². The molecule has 0 bridgehead atoms. The lowest BCUT2D eigenvalue weighted by molar-refractivity contribution is 0.625. The SMILES string of the molecule is CCCCCCCNC(=S)Nc1ccc(F)c(Cl)c1. The summed E-state index contributed by atoms with van der Waals surface area (Å²) in [5, 5.41) is 6.74. The van der Waals surface area contributed by atoms with Crippen molar-refractivity contribution in [2.75, 3.05) is 11.9 Å². The zero-order valence-electron chi connectivity index (χ0n) is 11.1. The number of thiocarbonyl (C=S) groups is 1. The van der Waals surface area contributed by atoms with Gasteiger partial charge in [0.15, 0.2) is 5.11 Å². The lowest BCUT2D eigenvalue weighted by Gasteiger charge is -2.10. The van der Waals surface area contributed by atoms with Crippen molar-refractivity contribution in [3.8, 4) is 0 Å². The van der Waals surface area contributed by atoms with Crippen LogP contribution in [0.3, 0.4) is 0 Å².